The van der Waals surface area contributed by atoms with E-state index in [1.54, 1.807) is 0 Å². The molecule has 0 aliphatic heterocycles. The smallest absolute Gasteiger partial charge is 0.203 e. The van der Waals surface area contributed by atoms with Crippen molar-refractivity contribution in [3.05, 3.63) is 44.0 Å². The predicted octanol–water partition coefficient (Wildman–Crippen LogP) is 3.78. The molecule has 7 heteroatoms. The van der Waals surface area contributed by atoms with Gasteiger partial charge in [0.25, 0.3) is 0 Å². The summed E-state index contributed by atoms with van der Waals surface area (Å²) in [5, 5.41) is 6.20. The number of anilines is 1. The van der Waals surface area contributed by atoms with E-state index in [0.29, 0.717) is 8.70 Å². The zero-order valence-corrected chi connectivity index (χ0v) is 12.2. The molecule has 2 aromatic rings. The Labute approximate surface area is 120 Å². The van der Waals surface area contributed by atoms with Crippen molar-refractivity contribution < 1.29 is 8.78 Å². The molecule has 2 rings (SSSR count). The number of nitrogens with zero attached hydrogens (tertiary/aromatic N) is 2. The number of hydrogen-bond acceptors (Lipinski definition) is 4. The molecule has 0 saturated carbocycles. The lowest BCUT2D eigenvalue weighted by molar-refractivity contribution is 0.578. The molecule has 0 spiro atoms. The number of aryl methyl sites for hydroxylation is 1. The van der Waals surface area contributed by atoms with Crippen molar-refractivity contribution in [1.29, 1.82) is 0 Å². The van der Waals surface area contributed by atoms with Crippen molar-refractivity contribution >= 4 is 45.3 Å². The number of halogens is 3. The van der Waals surface area contributed by atoms with Crippen LogP contribution in [0.25, 0.3) is 0 Å². The quantitative estimate of drug-likeness (QED) is 0.501. The van der Waals surface area contributed by atoms with Crippen molar-refractivity contribution in [3.8, 4) is 0 Å². The lowest BCUT2D eigenvalue weighted by Gasteiger charge is -2.00. The van der Waals surface area contributed by atoms with Crippen LogP contribution in [-0.2, 0) is 0 Å². The Bertz CT molecular complexity index is 575. The Hall–Kier alpha value is -1.09. The van der Waals surface area contributed by atoms with E-state index in [9.17, 15) is 8.78 Å². The van der Waals surface area contributed by atoms with Gasteiger partial charge in [0, 0.05) is 8.95 Å². The minimum atomic E-state index is -0.639. The van der Waals surface area contributed by atoms with Gasteiger partial charge in [-0.25, -0.2) is 13.8 Å². The standard InChI is InChI=1S/C11H8F2IN3S/c1-6-5-18-11(16-6)17-15-4-8-9(12)2-7(14)3-10(8)13/h2-5H,1H3,(H,16,17). The summed E-state index contributed by atoms with van der Waals surface area (Å²) in [6.07, 6.45) is 1.11. The minimum absolute atomic E-state index is 0.170. The molecule has 0 saturated heterocycles. The van der Waals surface area contributed by atoms with Crippen LogP contribution in [0.1, 0.15) is 11.3 Å². The van der Waals surface area contributed by atoms with Crippen LogP contribution >= 0.6 is 33.9 Å². The first-order valence-corrected chi connectivity index (χ1v) is 6.88. The lowest BCUT2D eigenvalue weighted by Crippen LogP contribution is -1.97. The van der Waals surface area contributed by atoms with Crippen molar-refractivity contribution in [2.45, 2.75) is 6.92 Å². The zero-order valence-electron chi connectivity index (χ0n) is 9.25. The van der Waals surface area contributed by atoms with Gasteiger partial charge in [-0.1, -0.05) is 0 Å². The van der Waals surface area contributed by atoms with Crippen LogP contribution < -0.4 is 5.43 Å². The van der Waals surface area contributed by atoms with Gasteiger partial charge in [-0.05, 0) is 41.6 Å². The van der Waals surface area contributed by atoms with Crippen LogP contribution in [0.3, 0.4) is 0 Å². The normalized spacial score (nSPS) is 11.1. The summed E-state index contributed by atoms with van der Waals surface area (Å²) in [6.45, 7) is 1.85. The minimum Gasteiger partial charge on any atom is -0.253 e. The van der Waals surface area contributed by atoms with Gasteiger partial charge >= 0.3 is 0 Å². The van der Waals surface area contributed by atoms with Crippen molar-refractivity contribution in [2.75, 3.05) is 5.43 Å². The predicted molar refractivity (Wildman–Crippen MR) is 77.1 cm³/mol. The van der Waals surface area contributed by atoms with Crippen LogP contribution in [0.5, 0.6) is 0 Å². The van der Waals surface area contributed by atoms with Gasteiger partial charge in [0.2, 0.25) is 5.13 Å². The average molecular weight is 379 g/mol. The Balaban J connectivity index is 2.14. The fraction of sp³-hybridized carbons (Fsp3) is 0.0909. The van der Waals surface area contributed by atoms with Crippen molar-refractivity contribution in [1.82, 2.24) is 4.98 Å². The highest BCUT2D eigenvalue weighted by Gasteiger charge is 2.08. The van der Waals surface area contributed by atoms with Gasteiger partial charge in [-0.3, -0.25) is 5.43 Å². The highest BCUT2D eigenvalue weighted by molar-refractivity contribution is 14.1. The highest BCUT2D eigenvalue weighted by Crippen LogP contribution is 2.16. The molecular weight excluding hydrogens is 371 g/mol. The first kappa shape index (κ1) is 13.3. The summed E-state index contributed by atoms with van der Waals surface area (Å²) in [5.41, 5.74) is 3.32. The molecule has 1 N–H and O–H groups in total. The second-order valence-electron chi connectivity index (χ2n) is 3.45. The van der Waals surface area contributed by atoms with Gasteiger partial charge < -0.3 is 0 Å². The van der Waals surface area contributed by atoms with Gasteiger partial charge in [0.1, 0.15) is 11.6 Å². The monoisotopic (exact) mass is 379 g/mol. The fourth-order valence-electron chi connectivity index (χ4n) is 1.23. The summed E-state index contributed by atoms with van der Waals surface area (Å²) < 4.78 is 27.4. The molecule has 0 aliphatic carbocycles. The fourth-order valence-corrected chi connectivity index (χ4v) is 2.42. The number of aromatic nitrogens is 1. The topological polar surface area (TPSA) is 37.3 Å². The van der Waals surface area contributed by atoms with E-state index in [0.717, 1.165) is 11.9 Å². The molecule has 1 heterocycles. The maximum atomic E-state index is 13.5. The van der Waals surface area contributed by atoms with Gasteiger partial charge in [0.05, 0.1) is 17.5 Å². The largest absolute Gasteiger partial charge is 0.253 e. The van der Waals surface area contributed by atoms with Crippen molar-refractivity contribution in [3.63, 3.8) is 0 Å². The Morgan fingerprint density at radius 3 is 2.61 bits per heavy atom. The van der Waals surface area contributed by atoms with Crippen LogP contribution in [0, 0.1) is 22.1 Å². The Morgan fingerprint density at radius 1 is 1.39 bits per heavy atom. The number of thiazole rings is 1. The summed E-state index contributed by atoms with van der Waals surface area (Å²) in [5.74, 6) is -1.28. The second kappa shape index (κ2) is 5.70. The third-order valence-corrected chi connectivity index (χ3v) is 3.50. The molecular formula is C11H8F2IN3S. The number of nitrogens with one attached hydrogen (secondary N) is 1. The molecule has 0 radical (unpaired) electrons. The highest BCUT2D eigenvalue weighted by atomic mass is 127. The van der Waals surface area contributed by atoms with Crippen molar-refractivity contribution in [2.24, 2.45) is 5.10 Å². The van der Waals surface area contributed by atoms with E-state index in [1.807, 2.05) is 34.9 Å². The van der Waals surface area contributed by atoms with E-state index in [4.69, 9.17) is 0 Å². The maximum Gasteiger partial charge on any atom is 0.203 e. The first-order valence-electron chi connectivity index (χ1n) is 4.92. The average Bonchev–Trinajstić information content (AvgIpc) is 2.68. The summed E-state index contributed by atoms with van der Waals surface area (Å²) >= 11 is 3.22. The number of benzene rings is 1. The molecule has 1 aromatic heterocycles. The third kappa shape index (κ3) is 3.22. The second-order valence-corrected chi connectivity index (χ2v) is 5.55. The lowest BCUT2D eigenvalue weighted by atomic mass is 10.2. The summed E-state index contributed by atoms with van der Waals surface area (Å²) in [6, 6.07) is 2.50. The maximum absolute atomic E-state index is 13.5. The SMILES string of the molecule is Cc1csc(NN=Cc2c(F)cc(I)cc2F)n1. The molecule has 0 fully saturated rings. The number of hydrazone groups is 1. The molecule has 0 bridgehead atoms. The van der Waals surface area contributed by atoms with Gasteiger partial charge in [-0.15, -0.1) is 11.3 Å². The molecule has 3 nitrogen and oxygen atoms in total. The number of hydrogen-bond donors (Lipinski definition) is 1. The zero-order chi connectivity index (χ0) is 13.1. The van der Waals surface area contributed by atoms with E-state index in [-0.39, 0.29) is 5.56 Å². The molecule has 94 valence electrons. The Morgan fingerprint density at radius 2 is 2.06 bits per heavy atom. The van der Waals surface area contributed by atoms with E-state index in [1.165, 1.54) is 23.5 Å². The number of rotatable bonds is 3. The van der Waals surface area contributed by atoms with Crippen LogP contribution in [0.15, 0.2) is 22.6 Å². The van der Waals surface area contributed by atoms with Crippen LogP contribution in [-0.4, -0.2) is 11.2 Å². The molecule has 0 unspecified atom stereocenters. The molecule has 0 atom stereocenters. The molecule has 1 aromatic carbocycles. The molecule has 0 aliphatic rings. The first-order chi connectivity index (χ1) is 8.56. The van der Waals surface area contributed by atoms with Gasteiger partial charge in [-0.2, -0.15) is 5.10 Å². The van der Waals surface area contributed by atoms with Gasteiger partial charge in [0.15, 0.2) is 0 Å². The van der Waals surface area contributed by atoms with E-state index >= 15 is 0 Å². The Kier molecular flexibility index (Phi) is 4.23. The van der Waals surface area contributed by atoms with E-state index < -0.39 is 11.6 Å². The summed E-state index contributed by atoms with van der Waals surface area (Å²) in [4.78, 5) is 4.11. The molecule has 18 heavy (non-hydrogen) atoms. The van der Waals surface area contributed by atoms with E-state index in [2.05, 4.69) is 15.5 Å². The third-order valence-electron chi connectivity index (χ3n) is 2.02. The molecule has 0 amide bonds. The van der Waals surface area contributed by atoms with Crippen LogP contribution in [0.4, 0.5) is 13.9 Å². The van der Waals surface area contributed by atoms with Crippen LogP contribution in [0.2, 0.25) is 0 Å². The summed E-state index contributed by atoms with van der Waals surface area (Å²) in [7, 11) is 0.